The summed E-state index contributed by atoms with van der Waals surface area (Å²) in [7, 11) is 0. The Kier molecular flexibility index (Phi) is 3.04. The fourth-order valence-corrected chi connectivity index (χ4v) is 2.21. The van der Waals surface area contributed by atoms with Crippen molar-refractivity contribution in [3.63, 3.8) is 0 Å². The molecular formula is C12H14N4O3. The van der Waals surface area contributed by atoms with E-state index >= 15 is 0 Å². The minimum Gasteiger partial charge on any atom is -0.464 e. The number of benzene rings is 1. The van der Waals surface area contributed by atoms with Crippen molar-refractivity contribution < 1.29 is 9.66 Å². The quantitative estimate of drug-likeness (QED) is 0.642. The van der Waals surface area contributed by atoms with Crippen molar-refractivity contribution in [2.24, 2.45) is 5.92 Å². The number of ether oxygens (including phenoxy) is 1. The molecule has 2 heterocycles. The molecule has 1 aromatic carbocycles. The monoisotopic (exact) mass is 262 g/mol. The van der Waals surface area contributed by atoms with Crippen LogP contribution >= 0.6 is 0 Å². The SMILES string of the molecule is O=[N+]([O-])c1ccc2nc(OC[C@@H]3CCNC3)[nH]c2c1. The van der Waals surface area contributed by atoms with Crippen LogP contribution in [0, 0.1) is 16.0 Å². The van der Waals surface area contributed by atoms with Gasteiger partial charge >= 0.3 is 0 Å². The molecular weight excluding hydrogens is 248 g/mol. The number of aromatic amines is 1. The van der Waals surface area contributed by atoms with Crippen LogP contribution in [0.15, 0.2) is 18.2 Å². The summed E-state index contributed by atoms with van der Waals surface area (Å²) in [6, 6.07) is 4.94. The molecule has 3 rings (SSSR count). The van der Waals surface area contributed by atoms with Crippen LogP contribution in [0.4, 0.5) is 5.69 Å². The molecule has 0 unspecified atom stereocenters. The molecule has 100 valence electrons. The topological polar surface area (TPSA) is 93.1 Å². The van der Waals surface area contributed by atoms with Crippen molar-refractivity contribution in [1.29, 1.82) is 0 Å². The molecule has 1 fully saturated rings. The standard InChI is InChI=1S/C12H14N4O3/c17-16(18)9-1-2-10-11(5-9)15-12(14-10)19-7-8-3-4-13-6-8/h1-2,5,8,13H,3-4,6-7H2,(H,14,15)/t8-/m1/s1. The van der Waals surface area contributed by atoms with Gasteiger partial charge in [-0.25, -0.2) is 0 Å². The Morgan fingerprint density at radius 2 is 2.42 bits per heavy atom. The molecule has 0 saturated carbocycles. The second-order valence-electron chi connectivity index (χ2n) is 4.67. The van der Waals surface area contributed by atoms with E-state index < -0.39 is 4.92 Å². The van der Waals surface area contributed by atoms with Crippen molar-refractivity contribution in [3.8, 4) is 6.01 Å². The Morgan fingerprint density at radius 3 is 3.16 bits per heavy atom. The molecule has 7 heteroatoms. The smallest absolute Gasteiger partial charge is 0.294 e. The number of hydrogen-bond acceptors (Lipinski definition) is 5. The van der Waals surface area contributed by atoms with Gasteiger partial charge in [0.05, 0.1) is 22.6 Å². The number of aromatic nitrogens is 2. The van der Waals surface area contributed by atoms with Crippen molar-refractivity contribution >= 4 is 16.7 Å². The Balaban J connectivity index is 1.75. The number of imidazole rings is 1. The number of H-pyrrole nitrogens is 1. The molecule has 1 aromatic heterocycles. The molecule has 0 bridgehead atoms. The van der Waals surface area contributed by atoms with E-state index in [2.05, 4.69) is 15.3 Å². The van der Waals surface area contributed by atoms with Crippen LogP contribution in [0.3, 0.4) is 0 Å². The number of nitrogens with zero attached hydrogens (tertiary/aromatic N) is 2. The van der Waals surface area contributed by atoms with Gasteiger partial charge in [0.25, 0.3) is 11.7 Å². The number of nitrogens with one attached hydrogen (secondary N) is 2. The van der Waals surface area contributed by atoms with Gasteiger partial charge in [-0.3, -0.25) is 10.1 Å². The number of nitro benzene ring substituents is 1. The van der Waals surface area contributed by atoms with E-state index in [1.165, 1.54) is 12.1 Å². The minimum absolute atomic E-state index is 0.0442. The molecule has 2 aromatic rings. The van der Waals surface area contributed by atoms with Gasteiger partial charge in [0.2, 0.25) is 0 Å². The third-order valence-corrected chi connectivity index (χ3v) is 3.27. The lowest BCUT2D eigenvalue weighted by atomic mass is 10.1. The fraction of sp³-hybridized carbons (Fsp3) is 0.417. The molecule has 1 aliphatic rings. The lowest BCUT2D eigenvalue weighted by Crippen LogP contribution is -2.15. The van der Waals surface area contributed by atoms with Gasteiger partial charge in [0.1, 0.15) is 0 Å². The first-order valence-electron chi connectivity index (χ1n) is 6.20. The average Bonchev–Trinajstić information content (AvgIpc) is 3.04. The zero-order chi connectivity index (χ0) is 13.2. The third-order valence-electron chi connectivity index (χ3n) is 3.27. The highest BCUT2D eigenvalue weighted by Crippen LogP contribution is 2.21. The normalized spacial score (nSPS) is 18.8. The first-order chi connectivity index (χ1) is 9.22. The zero-order valence-corrected chi connectivity index (χ0v) is 10.3. The maximum atomic E-state index is 10.7. The number of hydrogen-bond donors (Lipinski definition) is 2. The van der Waals surface area contributed by atoms with Gasteiger partial charge < -0.3 is 15.0 Å². The summed E-state index contributed by atoms with van der Waals surface area (Å²) in [4.78, 5) is 17.5. The molecule has 1 atom stereocenters. The molecule has 0 amide bonds. The van der Waals surface area contributed by atoms with E-state index in [1.807, 2.05) is 0 Å². The van der Waals surface area contributed by atoms with Crippen molar-refractivity contribution in [2.75, 3.05) is 19.7 Å². The summed E-state index contributed by atoms with van der Waals surface area (Å²) in [6.07, 6.45) is 1.10. The van der Waals surface area contributed by atoms with Gasteiger partial charge in [0, 0.05) is 24.6 Å². The van der Waals surface area contributed by atoms with Crippen molar-refractivity contribution in [2.45, 2.75) is 6.42 Å². The van der Waals surface area contributed by atoms with Crippen LogP contribution in [-0.4, -0.2) is 34.6 Å². The van der Waals surface area contributed by atoms with Gasteiger partial charge in [-0.1, -0.05) is 0 Å². The van der Waals surface area contributed by atoms with Crippen molar-refractivity contribution in [3.05, 3.63) is 28.3 Å². The molecule has 0 radical (unpaired) electrons. The van der Waals surface area contributed by atoms with Crippen molar-refractivity contribution in [1.82, 2.24) is 15.3 Å². The predicted octanol–water partition coefficient (Wildman–Crippen LogP) is 1.46. The summed E-state index contributed by atoms with van der Waals surface area (Å²) in [5.74, 6) is 0.502. The number of non-ortho nitro benzene ring substituents is 1. The molecule has 19 heavy (non-hydrogen) atoms. The zero-order valence-electron chi connectivity index (χ0n) is 10.3. The third kappa shape index (κ3) is 2.50. The van der Waals surface area contributed by atoms with Gasteiger partial charge in [-0.15, -0.1) is 0 Å². The number of nitro groups is 1. The maximum Gasteiger partial charge on any atom is 0.294 e. The van der Waals surface area contributed by atoms with Crippen LogP contribution in [0.25, 0.3) is 11.0 Å². The maximum absolute atomic E-state index is 10.7. The Hall–Kier alpha value is -2.15. The van der Waals surface area contributed by atoms with E-state index in [0.717, 1.165) is 19.5 Å². The van der Waals surface area contributed by atoms with Crippen LogP contribution in [0.1, 0.15) is 6.42 Å². The lowest BCUT2D eigenvalue weighted by molar-refractivity contribution is -0.384. The van der Waals surface area contributed by atoms with E-state index in [0.29, 0.717) is 29.6 Å². The largest absolute Gasteiger partial charge is 0.464 e. The van der Waals surface area contributed by atoms with E-state index in [-0.39, 0.29) is 5.69 Å². The molecule has 1 aliphatic heterocycles. The van der Waals surface area contributed by atoms with E-state index in [1.54, 1.807) is 6.07 Å². The first kappa shape index (κ1) is 11.9. The first-order valence-corrected chi connectivity index (χ1v) is 6.20. The summed E-state index contributed by atoms with van der Waals surface area (Å²) >= 11 is 0. The fourth-order valence-electron chi connectivity index (χ4n) is 2.21. The van der Waals surface area contributed by atoms with Crippen LogP contribution in [-0.2, 0) is 0 Å². The number of fused-ring (bicyclic) bond motifs is 1. The number of rotatable bonds is 4. The highest BCUT2D eigenvalue weighted by molar-refractivity contribution is 5.78. The Labute approximate surface area is 109 Å². The predicted molar refractivity (Wildman–Crippen MR) is 69.2 cm³/mol. The van der Waals surface area contributed by atoms with Gasteiger partial charge in [-0.2, -0.15) is 4.98 Å². The van der Waals surface area contributed by atoms with Gasteiger partial charge in [-0.05, 0) is 19.0 Å². The summed E-state index contributed by atoms with van der Waals surface area (Å²) in [6.45, 7) is 2.60. The average molecular weight is 262 g/mol. The van der Waals surface area contributed by atoms with Crippen LogP contribution in [0.2, 0.25) is 0 Å². The summed E-state index contributed by atoms with van der Waals surface area (Å²) < 4.78 is 5.60. The highest BCUT2D eigenvalue weighted by Gasteiger charge is 2.16. The summed E-state index contributed by atoms with van der Waals surface area (Å²) in [5.41, 5.74) is 1.33. The molecule has 2 N–H and O–H groups in total. The van der Waals surface area contributed by atoms with Crippen LogP contribution < -0.4 is 10.1 Å². The Morgan fingerprint density at radius 1 is 1.53 bits per heavy atom. The van der Waals surface area contributed by atoms with E-state index in [9.17, 15) is 10.1 Å². The summed E-state index contributed by atoms with van der Waals surface area (Å²) in [5, 5.41) is 14.0. The Bertz CT molecular complexity index is 604. The van der Waals surface area contributed by atoms with Gasteiger partial charge in [0.15, 0.2) is 0 Å². The second-order valence-corrected chi connectivity index (χ2v) is 4.67. The lowest BCUT2D eigenvalue weighted by Gasteiger charge is -2.07. The minimum atomic E-state index is -0.426. The molecule has 0 aliphatic carbocycles. The van der Waals surface area contributed by atoms with Crippen LogP contribution in [0.5, 0.6) is 6.01 Å². The second kappa shape index (κ2) is 4.85. The molecule has 1 saturated heterocycles. The molecule has 7 nitrogen and oxygen atoms in total. The highest BCUT2D eigenvalue weighted by atomic mass is 16.6. The molecule has 0 spiro atoms. The van der Waals surface area contributed by atoms with E-state index in [4.69, 9.17) is 4.74 Å².